The lowest BCUT2D eigenvalue weighted by Crippen LogP contribution is -2.74. The van der Waals surface area contributed by atoms with Crippen LogP contribution in [-0.4, -0.2) is 303 Å². The van der Waals surface area contributed by atoms with E-state index < -0.39 is 309 Å². The van der Waals surface area contributed by atoms with Crippen LogP contribution in [-0.2, 0) is 23.7 Å². The molecule has 602 valence electrons. The molecule has 5 aliphatic heterocycles. The summed E-state index contributed by atoms with van der Waals surface area (Å²) in [4.78, 5) is 14.3. The molecule has 0 aromatic rings. The molecule has 14 aliphatic rings. The maximum absolute atomic E-state index is 14.3. The van der Waals surface area contributed by atoms with Crippen molar-refractivity contribution in [3.05, 3.63) is 4.91 Å². The summed E-state index contributed by atoms with van der Waals surface area (Å²) >= 11 is 0. The Bertz CT molecular complexity index is 2860. The highest BCUT2D eigenvalue weighted by Crippen LogP contribution is 2.63. The van der Waals surface area contributed by atoms with Crippen molar-refractivity contribution in [1.82, 2.24) is 0 Å². The SMILES string of the molecule is CCCC(CC)CC1OC2CC(O)CC(O)C2C(C2C(O)C[C@H](O)C3C2OC(C2CCC(C)C(O)C2)C(O)C3C2C(N=O)CC(O)C3C2OC(C2CCC(O)C(O)C2)C(O)C3C2C(O)CC(O)C3C2OC(C2CCC(O)C(O)C2)[C@@H](O)C3C2C(O)CC(O)C3CC(O)C(C4CCC(O)C(O)C4)OC32)C1O. The smallest absolute Gasteiger partial charge is 0.100 e. The van der Waals surface area contributed by atoms with E-state index in [1.807, 2.05) is 6.92 Å². The summed E-state index contributed by atoms with van der Waals surface area (Å²) in [5.41, 5.74) is 0. The minimum Gasteiger partial charge on any atom is -0.393 e. The second-order valence-electron chi connectivity index (χ2n) is 36.7. The van der Waals surface area contributed by atoms with Crippen LogP contribution in [0.2, 0.25) is 0 Å². The van der Waals surface area contributed by atoms with Gasteiger partial charge in [-0.05, 0) is 164 Å². The van der Waals surface area contributed by atoms with Gasteiger partial charge in [-0.2, -0.15) is 4.91 Å². The summed E-state index contributed by atoms with van der Waals surface area (Å²) in [6.45, 7) is 6.05. The molecule has 28 heteroatoms. The highest BCUT2D eigenvalue weighted by molar-refractivity contribution is 5.19. The van der Waals surface area contributed by atoms with Gasteiger partial charge < -0.3 is 131 Å². The first kappa shape index (κ1) is 80.2. The van der Waals surface area contributed by atoms with Gasteiger partial charge in [0.05, 0.1) is 189 Å². The van der Waals surface area contributed by atoms with E-state index in [0.29, 0.717) is 25.7 Å². The van der Waals surface area contributed by atoms with Gasteiger partial charge in [0.1, 0.15) is 6.04 Å². The monoisotopic (exact) mass is 1500 g/mol. The molecule has 14 fully saturated rings. The third-order valence-electron chi connectivity index (χ3n) is 31.0. The number of fused-ring (bicyclic) bond motifs is 5. The summed E-state index contributed by atoms with van der Waals surface area (Å²) in [6, 6.07) is -1.47. The van der Waals surface area contributed by atoms with Crippen molar-refractivity contribution in [3.8, 4) is 0 Å². The third kappa shape index (κ3) is 14.7. The molecule has 51 atom stereocenters. The van der Waals surface area contributed by atoms with Crippen LogP contribution >= 0.6 is 0 Å². The van der Waals surface area contributed by atoms with Crippen molar-refractivity contribution in [1.29, 1.82) is 0 Å². The van der Waals surface area contributed by atoms with Gasteiger partial charge >= 0.3 is 0 Å². The molecular formula is C77H127NO27. The standard InChI is InChI=1S/C77H127NO27/c1-4-6-28(5-2)15-53-66(96)63(55-44(88)20-33(79)21-52(55)101-53)59-48(92)25-47(91)58-62(67(97)71(104-76(58)59)30-8-7-27(3)39(83)16-30)54-35(78-100)23-45(89)57-65(69(99)72(103-75(54)57)31-10-13-37(81)42(86)18-31)61-50(94)26-49(93)60-64(68(98)73(105-77(60)61)32-11-14-38(82)43(87)19-32)56-46(90)24-40(84)34-22-51(95)70(102-74(34)56)29-9-12-36(80)41(85)17-29/h27-77,79-99H,4-26H2,1-3H3/t27?,28?,29?,30?,31?,32?,33?,34?,35?,36?,37?,38?,39?,40?,41?,42?,43?,44?,45?,46?,47-,48?,49?,50?,51?,52?,53?,54?,55?,56?,57?,58?,59?,60?,61?,62?,63?,64?,65?,66?,67?,68-,69?,70?,71?,72?,73?,74?,75?,76?,77?/m0/s1. The van der Waals surface area contributed by atoms with Gasteiger partial charge in [0.15, 0.2) is 0 Å². The summed E-state index contributed by atoms with van der Waals surface area (Å²) < 4.78 is 36.0. The lowest BCUT2D eigenvalue weighted by atomic mass is 9.50. The second-order valence-corrected chi connectivity index (χ2v) is 36.7. The van der Waals surface area contributed by atoms with Crippen LogP contribution in [0.15, 0.2) is 5.18 Å². The normalized spacial score (nSPS) is 58.7. The summed E-state index contributed by atoms with van der Waals surface area (Å²) in [5, 5.41) is 262. The highest BCUT2D eigenvalue weighted by Gasteiger charge is 2.71. The maximum atomic E-state index is 14.3. The van der Waals surface area contributed by atoms with E-state index in [0.717, 1.165) is 19.3 Å². The highest BCUT2D eigenvalue weighted by atomic mass is 16.5. The molecule has 21 N–H and O–H groups in total. The Morgan fingerprint density at radius 1 is 0.314 bits per heavy atom. The van der Waals surface area contributed by atoms with Crippen LogP contribution in [0.5, 0.6) is 0 Å². The zero-order chi connectivity index (χ0) is 75.0. The Morgan fingerprint density at radius 2 is 0.695 bits per heavy atom. The van der Waals surface area contributed by atoms with E-state index in [2.05, 4.69) is 19.0 Å². The quantitative estimate of drug-likeness (QED) is 0.0871. The van der Waals surface area contributed by atoms with Crippen LogP contribution < -0.4 is 0 Å². The van der Waals surface area contributed by atoms with Crippen LogP contribution in [0.3, 0.4) is 0 Å². The summed E-state index contributed by atoms with van der Waals surface area (Å²) in [6.07, 6.45) is -36.8. The Morgan fingerprint density at radius 3 is 1.13 bits per heavy atom. The van der Waals surface area contributed by atoms with Crippen molar-refractivity contribution in [2.24, 2.45) is 118 Å². The van der Waals surface area contributed by atoms with Crippen molar-refractivity contribution >= 4 is 0 Å². The fourth-order valence-corrected chi connectivity index (χ4v) is 26.0. The predicted molar refractivity (Wildman–Crippen MR) is 369 cm³/mol. The van der Waals surface area contributed by atoms with Crippen LogP contribution in [0.4, 0.5) is 0 Å². The van der Waals surface area contributed by atoms with Crippen LogP contribution in [0.25, 0.3) is 0 Å². The number of ether oxygens (including phenoxy) is 5. The second kappa shape index (κ2) is 32.4. The minimum atomic E-state index is -1.73. The van der Waals surface area contributed by atoms with E-state index in [4.69, 9.17) is 23.7 Å². The number of nitrogens with zero attached hydrogens (tertiary/aromatic N) is 1. The molecule has 5 heterocycles. The zero-order valence-corrected chi connectivity index (χ0v) is 61.0. The van der Waals surface area contributed by atoms with E-state index >= 15 is 0 Å². The van der Waals surface area contributed by atoms with E-state index in [1.165, 1.54) is 0 Å². The van der Waals surface area contributed by atoms with Crippen LogP contribution in [0, 0.1) is 117 Å². The van der Waals surface area contributed by atoms with Gasteiger partial charge in [0.25, 0.3) is 0 Å². The fraction of sp³-hybridized carbons (Fsp3) is 1.00. The molecule has 28 nitrogen and oxygen atoms in total. The average molecular weight is 1500 g/mol. The molecule has 0 aromatic heterocycles. The minimum absolute atomic E-state index is 0.0283. The van der Waals surface area contributed by atoms with E-state index in [9.17, 15) is 112 Å². The molecule has 105 heavy (non-hydrogen) atoms. The topological polar surface area (TPSA) is 500 Å². The first-order valence-corrected chi connectivity index (χ1v) is 40.9. The number of nitroso groups, excluding NO2 is 1. The van der Waals surface area contributed by atoms with Gasteiger partial charge in [-0.3, -0.25) is 0 Å². The molecule has 9 saturated carbocycles. The number of hydrogen-bond donors (Lipinski definition) is 21. The van der Waals surface area contributed by atoms with Crippen molar-refractivity contribution < 1.29 is 131 Å². The Hall–Kier alpha value is -1.44. The number of aliphatic hydroxyl groups is 21. The van der Waals surface area contributed by atoms with Crippen LogP contribution in [0.1, 0.15) is 168 Å². The van der Waals surface area contributed by atoms with Gasteiger partial charge in [0, 0.05) is 76.9 Å². The first-order valence-electron chi connectivity index (χ1n) is 40.9. The lowest BCUT2D eigenvalue weighted by molar-refractivity contribution is -0.329. The van der Waals surface area contributed by atoms with Gasteiger partial charge in [-0.1, -0.05) is 45.2 Å². The van der Waals surface area contributed by atoms with Crippen molar-refractivity contribution in [2.75, 3.05) is 0 Å². The molecular weight excluding hydrogens is 1370 g/mol. The zero-order valence-electron chi connectivity index (χ0n) is 61.0. The lowest BCUT2D eigenvalue weighted by Gasteiger charge is -2.65. The molecule has 0 spiro atoms. The molecule has 0 amide bonds. The van der Waals surface area contributed by atoms with Gasteiger partial charge in [-0.25, -0.2) is 0 Å². The third-order valence-corrected chi connectivity index (χ3v) is 31.0. The molecule has 5 saturated heterocycles. The van der Waals surface area contributed by atoms with Crippen molar-refractivity contribution in [2.45, 2.75) is 364 Å². The molecule has 0 radical (unpaired) electrons. The van der Waals surface area contributed by atoms with Gasteiger partial charge in [-0.15, -0.1) is 0 Å². The average Bonchev–Trinajstić information content (AvgIpc) is 0.701. The first-order chi connectivity index (χ1) is 50.0. The Kier molecular flexibility index (Phi) is 24.8. The number of hydrogen-bond acceptors (Lipinski definition) is 28. The maximum Gasteiger partial charge on any atom is 0.100 e. The predicted octanol–water partition coefficient (Wildman–Crippen LogP) is -1.60. The van der Waals surface area contributed by atoms with E-state index in [1.54, 1.807) is 0 Å². The molecule has 0 bridgehead atoms. The largest absolute Gasteiger partial charge is 0.393 e. The van der Waals surface area contributed by atoms with Crippen molar-refractivity contribution in [3.63, 3.8) is 0 Å². The molecule has 9 aliphatic carbocycles. The summed E-state index contributed by atoms with van der Waals surface area (Å²) in [5.74, 6) is -18.5. The van der Waals surface area contributed by atoms with E-state index in [-0.39, 0.29) is 102 Å². The Labute approximate surface area is 614 Å². The fourth-order valence-electron chi connectivity index (χ4n) is 26.0. The number of aliphatic hydroxyl groups excluding tert-OH is 21. The number of rotatable bonds is 14. The molecule has 0 aromatic carbocycles. The molecule has 49 unspecified atom stereocenters. The molecule has 14 rings (SSSR count). The Balaban J connectivity index is 0.901. The van der Waals surface area contributed by atoms with Gasteiger partial charge in [0.2, 0.25) is 0 Å². The summed E-state index contributed by atoms with van der Waals surface area (Å²) in [7, 11) is 0.